The zero-order valence-corrected chi connectivity index (χ0v) is 21.5. The molecule has 194 valence electrons. The fourth-order valence-corrected chi connectivity index (χ4v) is 4.00. The lowest BCUT2D eigenvalue weighted by Crippen LogP contribution is -2.22. The first kappa shape index (κ1) is 26.4. The zero-order valence-electron chi connectivity index (χ0n) is 21.5. The van der Waals surface area contributed by atoms with Crippen molar-refractivity contribution in [1.82, 2.24) is 0 Å². The number of para-hydroxylation sites is 1. The summed E-state index contributed by atoms with van der Waals surface area (Å²) in [5.41, 5.74) is 3.22. The first-order valence-electron chi connectivity index (χ1n) is 12.5. The molecule has 0 saturated carbocycles. The van der Waals surface area contributed by atoms with Crippen molar-refractivity contribution in [3.8, 4) is 11.5 Å². The molecule has 0 aromatic heterocycles. The van der Waals surface area contributed by atoms with Crippen LogP contribution >= 0.6 is 0 Å². The predicted octanol–water partition coefficient (Wildman–Crippen LogP) is 6.54. The number of ether oxygens (including phenoxy) is 2. The molecule has 7 nitrogen and oxygen atoms in total. The normalized spacial score (nSPS) is 10.6. The van der Waals surface area contributed by atoms with Crippen LogP contribution < -0.4 is 15.4 Å². The van der Waals surface area contributed by atoms with Crippen molar-refractivity contribution in [1.29, 1.82) is 0 Å². The Morgan fingerprint density at radius 2 is 1.37 bits per heavy atom. The lowest BCUT2D eigenvalue weighted by atomic mass is 10.1. The maximum atomic E-state index is 12.3. The van der Waals surface area contributed by atoms with Crippen LogP contribution in [0.2, 0.25) is 0 Å². The number of rotatable bonds is 10. The van der Waals surface area contributed by atoms with Gasteiger partial charge in [0.2, 0.25) is 5.91 Å². The van der Waals surface area contributed by atoms with Gasteiger partial charge < -0.3 is 20.1 Å². The number of benzene rings is 4. The summed E-state index contributed by atoms with van der Waals surface area (Å²) in [4.78, 5) is 36.4. The van der Waals surface area contributed by atoms with E-state index in [1.165, 1.54) is 0 Å². The van der Waals surface area contributed by atoms with Crippen LogP contribution in [0.25, 0.3) is 10.8 Å². The molecule has 2 N–H and O–H groups in total. The molecule has 7 heteroatoms. The second kappa shape index (κ2) is 12.5. The summed E-state index contributed by atoms with van der Waals surface area (Å²) in [6.45, 7) is 3.43. The minimum absolute atomic E-state index is 0.0443. The number of nitrogens with one attached hydrogen (secondary N) is 2. The van der Waals surface area contributed by atoms with E-state index in [1.54, 1.807) is 24.3 Å². The van der Waals surface area contributed by atoms with Crippen LogP contribution in [0.1, 0.15) is 30.4 Å². The van der Waals surface area contributed by atoms with Gasteiger partial charge in [0, 0.05) is 24.2 Å². The summed E-state index contributed by atoms with van der Waals surface area (Å²) < 4.78 is 11.0. The number of esters is 1. The molecule has 4 aromatic carbocycles. The maximum Gasteiger partial charge on any atom is 0.306 e. The summed E-state index contributed by atoms with van der Waals surface area (Å²) in [6, 6.07) is 26.8. The molecule has 2 amide bonds. The third-order valence-corrected chi connectivity index (χ3v) is 5.99. The fraction of sp³-hybridized carbons (Fsp3) is 0.194. The first-order chi connectivity index (χ1) is 18.4. The Hall–Kier alpha value is -4.65. The molecule has 0 saturated heterocycles. The van der Waals surface area contributed by atoms with Crippen LogP contribution in [0.5, 0.6) is 11.5 Å². The van der Waals surface area contributed by atoms with Crippen molar-refractivity contribution in [2.75, 3.05) is 17.2 Å². The van der Waals surface area contributed by atoms with Crippen LogP contribution in [0, 0.1) is 13.8 Å². The highest BCUT2D eigenvalue weighted by Crippen LogP contribution is 2.26. The zero-order chi connectivity index (χ0) is 26.9. The van der Waals surface area contributed by atoms with Gasteiger partial charge in [-0.15, -0.1) is 0 Å². The van der Waals surface area contributed by atoms with Gasteiger partial charge in [-0.3, -0.25) is 14.4 Å². The van der Waals surface area contributed by atoms with Crippen LogP contribution in [-0.2, 0) is 19.1 Å². The molecular formula is C31H30N2O5. The first-order valence-corrected chi connectivity index (χ1v) is 12.5. The third-order valence-electron chi connectivity index (χ3n) is 5.99. The summed E-state index contributed by atoms with van der Waals surface area (Å²) >= 11 is 0. The second-order valence-corrected chi connectivity index (χ2v) is 9.01. The Morgan fingerprint density at radius 3 is 2.11 bits per heavy atom. The van der Waals surface area contributed by atoms with E-state index in [4.69, 9.17) is 9.47 Å². The van der Waals surface area contributed by atoms with Gasteiger partial charge in [-0.2, -0.15) is 0 Å². The highest BCUT2D eigenvalue weighted by Gasteiger charge is 2.12. The van der Waals surface area contributed by atoms with Crippen LogP contribution in [0.3, 0.4) is 0 Å². The number of hydrogen-bond acceptors (Lipinski definition) is 5. The Balaban J connectivity index is 1.16. The van der Waals surface area contributed by atoms with E-state index in [-0.39, 0.29) is 25.4 Å². The molecule has 0 atom stereocenters. The van der Waals surface area contributed by atoms with E-state index in [2.05, 4.69) is 10.6 Å². The Labute approximate surface area is 221 Å². The van der Waals surface area contributed by atoms with Gasteiger partial charge in [-0.1, -0.05) is 48.5 Å². The smallest absolute Gasteiger partial charge is 0.306 e. The molecule has 0 fully saturated rings. The van der Waals surface area contributed by atoms with Crippen molar-refractivity contribution < 1.29 is 23.9 Å². The van der Waals surface area contributed by atoms with E-state index in [1.807, 2.05) is 74.5 Å². The summed E-state index contributed by atoms with van der Waals surface area (Å²) in [5, 5.41) is 7.82. The third kappa shape index (κ3) is 7.43. The van der Waals surface area contributed by atoms with E-state index in [0.29, 0.717) is 17.9 Å². The fourth-order valence-electron chi connectivity index (χ4n) is 4.00. The lowest BCUT2D eigenvalue weighted by Gasteiger charge is -2.11. The number of fused-ring (bicyclic) bond motifs is 1. The molecule has 0 aliphatic heterocycles. The molecule has 0 aliphatic carbocycles. The average molecular weight is 511 g/mol. The summed E-state index contributed by atoms with van der Waals surface area (Å²) in [5.74, 6) is 0.248. The number of hydrogen-bond donors (Lipinski definition) is 2. The van der Waals surface area contributed by atoms with E-state index < -0.39 is 11.9 Å². The van der Waals surface area contributed by atoms with Crippen LogP contribution in [0.4, 0.5) is 11.4 Å². The largest absolute Gasteiger partial charge is 0.457 e. The van der Waals surface area contributed by atoms with Gasteiger partial charge in [-0.25, -0.2) is 0 Å². The number of carbonyl (C=O) groups excluding carboxylic acids is 3. The Morgan fingerprint density at radius 1 is 0.684 bits per heavy atom. The SMILES string of the molecule is Cc1cccc(C)c1NC(=O)COC(=O)CCCC(=O)Nc1ccc(Oc2ccc3ccccc3c2)cc1. The second-order valence-electron chi connectivity index (χ2n) is 9.01. The van der Waals surface area contributed by atoms with E-state index >= 15 is 0 Å². The van der Waals surface area contributed by atoms with Crippen molar-refractivity contribution in [2.24, 2.45) is 0 Å². The monoisotopic (exact) mass is 510 g/mol. The van der Waals surface area contributed by atoms with Gasteiger partial charge in [0.1, 0.15) is 11.5 Å². The highest BCUT2D eigenvalue weighted by molar-refractivity contribution is 5.94. The van der Waals surface area contributed by atoms with Crippen molar-refractivity contribution in [3.63, 3.8) is 0 Å². The molecule has 38 heavy (non-hydrogen) atoms. The quantitative estimate of drug-likeness (QED) is 0.236. The standard InChI is InChI=1S/C31H30N2O5/c1-21-7-5-8-22(2)31(21)33-29(35)20-37-30(36)12-6-11-28(34)32-25-14-17-26(18-15-25)38-27-16-13-23-9-3-4-10-24(23)19-27/h3-5,7-10,13-19H,6,11-12,20H2,1-2H3,(H,32,34)(H,33,35). The molecule has 0 spiro atoms. The van der Waals surface area contributed by atoms with Crippen LogP contribution in [0.15, 0.2) is 84.9 Å². The lowest BCUT2D eigenvalue weighted by molar-refractivity contribution is -0.147. The maximum absolute atomic E-state index is 12.3. The predicted molar refractivity (Wildman–Crippen MR) is 148 cm³/mol. The van der Waals surface area contributed by atoms with Crippen molar-refractivity contribution >= 4 is 39.9 Å². The van der Waals surface area contributed by atoms with Crippen LogP contribution in [-0.4, -0.2) is 24.4 Å². The minimum atomic E-state index is -0.523. The Kier molecular flexibility index (Phi) is 8.72. The molecule has 4 aromatic rings. The molecule has 4 rings (SSSR count). The topological polar surface area (TPSA) is 93.7 Å². The number of carbonyl (C=O) groups is 3. The van der Waals surface area contributed by atoms with Gasteiger partial charge in [0.25, 0.3) is 5.91 Å². The highest BCUT2D eigenvalue weighted by atomic mass is 16.5. The van der Waals surface area contributed by atoms with Crippen molar-refractivity contribution in [2.45, 2.75) is 33.1 Å². The number of aryl methyl sites for hydroxylation is 2. The minimum Gasteiger partial charge on any atom is -0.457 e. The van der Waals surface area contributed by atoms with Gasteiger partial charge in [0.05, 0.1) is 0 Å². The molecule has 0 aliphatic rings. The summed E-state index contributed by atoms with van der Waals surface area (Å²) in [7, 11) is 0. The average Bonchev–Trinajstić information content (AvgIpc) is 2.91. The molecule has 0 bridgehead atoms. The Bertz CT molecular complexity index is 1430. The molecule has 0 heterocycles. The number of amides is 2. The summed E-state index contributed by atoms with van der Waals surface area (Å²) in [6.07, 6.45) is 0.508. The van der Waals surface area contributed by atoms with E-state index in [0.717, 1.165) is 33.3 Å². The van der Waals surface area contributed by atoms with Crippen molar-refractivity contribution in [3.05, 3.63) is 96.1 Å². The molecular weight excluding hydrogens is 480 g/mol. The van der Waals surface area contributed by atoms with E-state index in [9.17, 15) is 14.4 Å². The number of anilines is 2. The molecule has 0 radical (unpaired) electrons. The van der Waals surface area contributed by atoms with Gasteiger partial charge in [0.15, 0.2) is 6.61 Å². The van der Waals surface area contributed by atoms with Gasteiger partial charge in [-0.05, 0) is 78.6 Å². The van der Waals surface area contributed by atoms with Gasteiger partial charge >= 0.3 is 5.97 Å². The molecule has 0 unspecified atom stereocenters.